The van der Waals surface area contributed by atoms with E-state index in [1.54, 1.807) is 53.4 Å². The summed E-state index contributed by atoms with van der Waals surface area (Å²) < 4.78 is 16.0. The molecule has 0 radical (unpaired) electrons. The van der Waals surface area contributed by atoms with Crippen molar-refractivity contribution in [2.24, 2.45) is 0 Å². The van der Waals surface area contributed by atoms with E-state index in [9.17, 15) is 14.4 Å². The van der Waals surface area contributed by atoms with E-state index < -0.39 is 5.97 Å². The van der Waals surface area contributed by atoms with Gasteiger partial charge in [-0.15, -0.1) is 0 Å². The minimum Gasteiger partial charge on any atom is -0.486 e. The Kier molecular flexibility index (Phi) is 5.79. The van der Waals surface area contributed by atoms with E-state index in [2.05, 4.69) is 0 Å². The van der Waals surface area contributed by atoms with Crippen LogP contribution in [0, 0.1) is 0 Å². The molecule has 2 aliphatic rings. The van der Waals surface area contributed by atoms with Crippen molar-refractivity contribution in [3.05, 3.63) is 59.7 Å². The third-order valence-electron chi connectivity index (χ3n) is 4.88. The van der Waals surface area contributed by atoms with Crippen molar-refractivity contribution in [1.29, 1.82) is 0 Å². The van der Waals surface area contributed by atoms with Crippen molar-refractivity contribution in [3.8, 4) is 11.5 Å². The predicted octanol–water partition coefficient (Wildman–Crippen LogP) is 3.02. The van der Waals surface area contributed by atoms with Crippen LogP contribution in [0.15, 0.2) is 48.5 Å². The number of carbonyl (C=O) groups excluding carboxylic acids is 3. The van der Waals surface area contributed by atoms with Gasteiger partial charge in [0.15, 0.2) is 23.9 Å². The molecular weight excluding hydrogens is 386 g/mol. The van der Waals surface area contributed by atoms with Crippen molar-refractivity contribution in [2.75, 3.05) is 31.3 Å². The first-order valence-electron chi connectivity index (χ1n) is 9.78. The fourth-order valence-corrected chi connectivity index (χ4v) is 3.36. The molecule has 154 valence electrons. The molecule has 4 rings (SSSR count). The number of rotatable bonds is 6. The van der Waals surface area contributed by atoms with Crippen LogP contribution >= 0.6 is 0 Å². The maximum Gasteiger partial charge on any atom is 0.331 e. The fourth-order valence-electron chi connectivity index (χ4n) is 3.36. The van der Waals surface area contributed by atoms with E-state index >= 15 is 0 Å². The van der Waals surface area contributed by atoms with Crippen molar-refractivity contribution in [2.45, 2.75) is 12.8 Å². The van der Waals surface area contributed by atoms with Gasteiger partial charge in [0.2, 0.25) is 5.91 Å². The number of esters is 1. The number of anilines is 1. The molecule has 2 aromatic carbocycles. The largest absolute Gasteiger partial charge is 0.486 e. The minimum atomic E-state index is -0.621. The number of carbonyl (C=O) groups is 3. The van der Waals surface area contributed by atoms with Crippen LogP contribution in [0.25, 0.3) is 6.08 Å². The number of ether oxygens (including phenoxy) is 3. The second kappa shape index (κ2) is 8.82. The van der Waals surface area contributed by atoms with Crippen LogP contribution in [0.3, 0.4) is 0 Å². The number of Topliss-reactive ketones (excluding diaryl/α,β-unsaturated/α-hetero) is 1. The number of fused-ring (bicyclic) bond motifs is 1. The van der Waals surface area contributed by atoms with Crippen molar-refractivity contribution < 1.29 is 28.6 Å². The van der Waals surface area contributed by atoms with E-state index in [-0.39, 0.29) is 18.3 Å². The van der Waals surface area contributed by atoms with Crippen LogP contribution in [0.1, 0.15) is 28.8 Å². The van der Waals surface area contributed by atoms with Gasteiger partial charge in [-0.2, -0.15) is 0 Å². The quantitative estimate of drug-likeness (QED) is 0.416. The molecule has 30 heavy (non-hydrogen) atoms. The Hall–Kier alpha value is -3.61. The second-order valence-corrected chi connectivity index (χ2v) is 6.97. The van der Waals surface area contributed by atoms with Gasteiger partial charge < -0.3 is 19.1 Å². The van der Waals surface area contributed by atoms with Gasteiger partial charge >= 0.3 is 5.97 Å². The highest BCUT2D eigenvalue weighted by atomic mass is 16.6. The van der Waals surface area contributed by atoms with Crippen molar-refractivity contribution >= 4 is 29.4 Å². The molecule has 7 nitrogen and oxygen atoms in total. The Morgan fingerprint density at radius 1 is 1.07 bits per heavy atom. The normalized spacial score (nSPS) is 15.5. The summed E-state index contributed by atoms with van der Waals surface area (Å²) in [5.74, 6) is 0.400. The zero-order valence-electron chi connectivity index (χ0n) is 16.3. The third kappa shape index (κ3) is 4.51. The van der Waals surface area contributed by atoms with E-state index in [1.165, 1.54) is 6.08 Å². The van der Waals surface area contributed by atoms with E-state index in [0.29, 0.717) is 48.9 Å². The Labute approximate surface area is 173 Å². The van der Waals surface area contributed by atoms with Crippen LogP contribution in [-0.4, -0.2) is 44.0 Å². The van der Waals surface area contributed by atoms with Gasteiger partial charge in [-0.3, -0.25) is 9.59 Å². The topological polar surface area (TPSA) is 82.1 Å². The van der Waals surface area contributed by atoms with Gasteiger partial charge in [0.25, 0.3) is 0 Å². The lowest BCUT2D eigenvalue weighted by Gasteiger charge is -2.18. The first kappa shape index (κ1) is 19.7. The van der Waals surface area contributed by atoms with Gasteiger partial charge in [-0.1, -0.05) is 18.2 Å². The Bertz CT molecular complexity index is 1010. The second-order valence-electron chi connectivity index (χ2n) is 6.97. The van der Waals surface area contributed by atoms with Crippen LogP contribution < -0.4 is 14.4 Å². The van der Waals surface area contributed by atoms with Gasteiger partial charge in [0.1, 0.15) is 13.2 Å². The first-order valence-corrected chi connectivity index (χ1v) is 9.78. The zero-order chi connectivity index (χ0) is 20.9. The monoisotopic (exact) mass is 407 g/mol. The number of amides is 1. The lowest BCUT2D eigenvalue weighted by Crippen LogP contribution is -2.24. The van der Waals surface area contributed by atoms with Crippen LogP contribution in [0.2, 0.25) is 0 Å². The zero-order valence-corrected chi connectivity index (χ0v) is 16.3. The van der Waals surface area contributed by atoms with Crippen LogP contribution in [0.4, 0.5) is 5.69 Å². The molecule has 1 fully saturated rings. The summed E-state index contributed by atoms with van der Waals surface area (Å²) in [5, 5.41) is 0. The number of nitrogens with zero attached hydrogens (tertiary/aromatic N) is 1. The fraction of sp³-hybridized carbons (Fsp3) is 0.261. The molecule has 1 amide bonds. The lowest BCUT2D eigenvalue weighted by atomic mass is 10.1. The van der Waals surface area contributed by atoms with Gasteiger partial charge in [-0.25, -0.2) is 4.79 Å². The SMILES string of the molecule is O=C(/C=C/c1ccc2c(c1)OCCO2)OCC(=O)c1cccc(N2CCCC2=O)c1. The van der Waals surface area contributed by atoms with Gasteiger partial charge in [0.05, 0.1) is 0 Å². The number of benzene rings is 2. The summed E-state index contributed by atoms with van der Waals surface area (Å²) in [6.45, 7) is 1.27. The smallest absolute Gasteiger partial charge is 0.331 e. The maximum absolute atomic E-state index is 12.4. The van der Waals surface area contributed by atoms with Gasteiger partial charge in [0, 0.05) is 30.3 Å². The Balaban J connectivity index is 1.33. The molecule has 2 aromatic rings. The van der Waals surface area contributed by atoms with Crippen LogP contribution in [-0.2, 0) is 14.3 Å². The molecule has 0 aromatic heterocycles. The van der Waals surface area contributed by atoms with Gasteiger partial charge in [-0.05, 0) is 42.3 Å². The Morgan fingerprint density at radius 2 is 1.90 bits per heavy atom. The molecule has 1 saturated heterocycles. The summed E-state index contributed by atoms with van der Waals surface area (Å²) >= 11 is 0. The highest BCUT2D eigenvalue weighted by Gasteiger charge is 2.22. The van der Waals surface area contributed by atoms with E-state index in [0.717, 1.165) is 12.0 Å². The minimum absolute atomic E-state index is 0.0512. The molecular formula is C23H21NO6. The first-order chi connectivity index (χ1) is 14.6. The lowest BCUT2D eigenvalue weighted by molar-refractivity contribution is -0.136. The molecule has 0 aliphatic carbocycles. The summed E-state index contributed by atoms with van der Waals surface area (Å²) in [6, 6.07) is 12.2. The Morgan fingerprint density at radius 3 is 2.70 bits per heavy atom. The highest BCUT2D eigenvalue weighted by Crippen LogP contribution is 2.31. The summed E-state index contributed by atoms with van der Waals surface area (Å²) in [6.07, 6.45) is 4.18. The third-order valence-corrected chi connectivity index (χ3v) is 4.88. The standard InChI is InChI=1S/C23H21NO6/c25-19(17-3-1-4-18(14-17)24-10-2-5-22(24)26)15-30-23(27)9-7-16-6-8-20-21(13-16)29-12-11-28-20/h1,3-4,6-9,13-14H,2,5,10-12,15H2/b9-7+. The average molecular weight is 407 g/mol. The molecule has 0 N–H and O–H groups in total. The van der Waals surface area contributed by atoms with Crippen molar-refractivity contribution in [3.63, 3.8) is 0 Å². The van der Waals surface area contributed by atoms with Crippen molar-refractivity contribution in [1.82, 2.24) is 0 Å². The molecule has 2 aliphatic heterocycles. The summed E-state index contributed by atoms with van der Waals surface area (Å²) in [5.41, 5.74) is 1.84. The average Bonchev–Trinajstić information content (AvgIpc) is 3.21. The number of ketones is 1. The molecule has 2 heterocycles. The number of hydrogen-bond donors (Lipinski definition) is 0. The van der Waals surface area contributed by atoms with E-state index in [4.69, 9.17) is 14.2 Å². The molecule has 0 bridgehead atoms. The summed E-state index contributed by atoms with van der Waals surface area (Å²) in [7, 11) is 0. The van der Waals surface area contributed by atoms with Crippen LogP contribution in [0.5, 0.6) is 11.5 Å². The molecule has 7 heteroatoms. The summed E-state index contributed by atoms with van der Waals surface area (Å²) in [4.78, 5) is 37.9. The molecule has 0 spiro atoms. The van der Waals surface area contributed by atoms with E-state index in [1.807, 2.05) is 0 Å². The maximum atomic E-state index is 12.4. The number of hydrogen-bond acceptors (Lipinski definition) is 6. The molecule has 0 unspecified atom stereocenters. The predicted molar refractivity (Wildman–Crippen MR) is 110 cm³/mol. The highest BCUT2D eigenvalue weighted by molar-refractivity contribution is 6.01. The molecule has 0 atom stereocenters. The molecule has 0 saturated carbocycles.